The van der Waals surface area contributed by atoms with Crippen LogP contribution in [0.3, 0.4) is 0 Å². The van der Waals surface area contributed by atoms with Crippen molar-refractivity contribution in [3.63, 3.8) is 0 Å². The smallest absolute Gasteiger partial charge is 0.0234 e. The van der Waals surface area contributed by atoms with Crippen molar-refractivity contribution in [3.8, 4) is 0 Å². The predicted octanol–water partition coefficient (Wildman–Crippen LogP) is 7.00. The number of nitrogens with zero attached hydrogens (tertiary/aromatic N) is 2. The van der Waals surface area contributed by atoms with Crippen LogP contribution in [0, 0.1) is 5.92 Å². The van der Waals surface area contributed by atoms with E-state index in [1.165, 1.54) is 67.5 Å². The molecule has 2 atom stereocenters. The maximum Gasteiger partial charge on any atom is 0.0234 e. The van der Waals surface area contributed by atoms with Gasteiger partial charge in [0, 0.05) is 32.1 Å². The molecule has 0 radical (unpaired) electrons. The lowest BCUT2D eigenvalue weighted by Crippen LogP contribution is -2.38. The fourth-order valence-corrected chi connectivity index (χ4v) is 6.96. The number of hydrogen-bond donors (Lipinski definition) is 0. The van der Waals surface area contributed by atoms with Crippen LogP contribution in [0.2, 0.25) is 0 Å². The van der Waals surface area contributed by atoms with Gasteiger partial charge in [-0.25, -0.2) is 0 Å². The van der Waals surface area contributed by atoms with Crippen LogP contribution in [0.1, 0.15) is 41.4 Å². The second-order valence-corrected chi connectivity index (χ2v) is 11.1. The molecule has 0 aliphatic carbocycles. The third-order valence-electron chi connectivity index (χ3n) is 8.06. The summed E-state index contributed by atoms with van der Waals surface area (Å²) in [7, 11) is 0. The van der Waals surface area contributed by atoms with Gasteiger partial charge in [0.2, 0.25) is 0 Å². The number of benzene rings is 3. The SMILES string of the molecule is c1ccc(C2CCN(CC3CN(Cc4ccc5ccccc5c4)CC3c3ccsc3)CC2)cc1. The zero-order chi connectivity index (χ0) is 22.7. The molecule has 0 N–H and O–H groups in total. The quantitative estimate of drug-likeness (QED) is 0.302. The lowest BCUT2D eigenvalue weighted by atomic mass is 9.87. The topological polar surface area (TPSA) is 6.48 Å². The van der Waals surface area contributed by atoms with Crippen LogP contribution >= 0.6 is 11.3 Å². The van der Waals surface area contributed by atoms with E-state index in [1.807, 2.05) is 11.3 Å². The molecule has 34 heavy (non-hydrogen) atoms. The van der Waals surface area contributed by atoms with Crippen molar-refractivity contribution >= 4 is 22.1 Å². The maximum absolute atomic E-state index is 2.75. The highest BCUT2D eigenvalue weighted by atomic mass is 32.1. The van der Waals surface area contributed by atoms with Crippen molar-refractivity contribution in [1.29, 1.82) is 0 Å². The van der Waals surface area contributed by atoms with E-state index in [0.717, 1.165) is 12.5 Å². The predicted molar refractivity (Wildman–Crippen MR) is 145 cm³/mol. The van der Waals surface area contributed by atoms with E-state index in [1.54, 1.807) is 5.56 Å². The first-order valence-corrected chi connectivity index (χ1v) is 13.8. The average Bonchev–Trinajstić information content (AvgIpc) is 3.55. The van der Waals surface area contributed by atoms with Gasteiger partial charge in [-0.2, -0.15) is 11.3 Å². The van der Waals surface area contributed by atoms with Crippen molar-refractivity contribution in [3.05, 3.63) is 106 Å². The van der Waals surface area contributed by atoms with Crippen molar-refractivity contribution in [2.24, 2.45) is 5.92 Å². The Morgan fingerprint density at radius 1 is 0.735 bits per heavy atom. The minimum Gasteiger partial charge on any atom is -0.303 e. The summed E-state index contributed by atoms with van der Waals surface area (Å²) >= 11 is 1.85. The Labute approximate surface area is 207 Å². The van der Waals surface area contributed by atoms with E-state index in [-0.39, 0.29) is 0 Å². The van der Waals surface area contributed by atoms with Gasteiger partial charge in [0.1, 0.15) is 0 Å². The largest absolute Gasteiger partial charge is 0.303 e. The van der Waals surface area contributed by atoms with Gasteiger partial charge >= 0.3 is 0 Å². The van der Waals surface area contributed by atoms with Crippen LogP contribution in [-0.4, -0.2) is 42.5 Å². The van der Waals surface area contributed by atoms with Gasteiger partial charge in [0.15, 0.2) is 0 Å². The Morgan fingerprint density at radius 2 is 1.53 bits per heavy atom. The second-order valence-electron chi connectivity index (χ2n) is 10.3. The molecule has 6 rings (SSSR count). The van der Waals surface area contributed by atoms with E-state index in [2.05, 4.69) is 99.4 Å². The minimum absolute atomic E-state index is 0.651. The summed E-state index contributed by atoms with van der Waals surface area (Å²) in [5, 5.41) is 7.33. The molecule has 0 amide bonds. The van der Waals surface area contributed by atoms with E-state index in [9.17, 15) is 0 Å². The molecule has 3 heteroatoms. The van der Waals surface area contributed by atoms with Crippen LogP contribution < -0.4 is 0 Å². The molecule has 2 saturated heterocycles. The normalized spacial score (nSPS) is 22.5. The Morgan fingerprint density at radius 3 is 2.32 bits per heavy atom. The molecule has 3 aromatic carbocycles. The first-order chi connectivity index (χ1) is 16.8. The Balaban J connectivity index is 1.12. The van der Waals surface area contributed by atoms with Gasteiger partial charge in [-0.1, -0.05) is 66.7 Å². The molecule has 1 aromatic heterocycles. The number of fused-ring (bicyclic) bond motifs is 1. The van der Waals surface area contributed by atoms with Gasteiger partial charge in [0.05, 0.1) is 0 Å². The number of hydrogen-bond acceptors (Lipinski definition) is 3. The highest BCUT2D eigenvalue weighted by molar-refractivity contribution is 7.08. The van der Waals surface area contributed by atoms with Gasteiger partial charge in [-0.3, -0.25) is 4.90 Å². The summed E-state index contributed by atoms with van der Waals surface area (Å²) in [6, 6.07) is 29.2. The lowest BCUT2D eigenvalue weighted by Gasteiger charge is -2.34. The van der Waals surface area contributed by atoms with Crippen molar-refractivity contribution in [2.45, 2.75) is 31.2 Å². The standard InChI is InChI=1S/C31H34N2S/c1-2-6-25(7-3-1)27-12-15-32(16-13-27)20-30-21-33(22-31(30)29-14-17-34-23-29)19-24-10-11-26-8-4-5-9-28(26)18-24/h1-11,14,17-18,23,27,30-31H,12-13,15-16,19-22H2. The molecule has 0 saturated carbocycles. The fraction of sp³-hybridized carbons (Fsp3) is 0.355. The molecule has 2 aliphatic heterocycles. The van der Waals surface area contributed by atoms with Crippen LogP contribution in [0.5, 0.6) is 0 Å². The summed E-state index contributed by atoms with van der Waals surface area (Å²) in [6.07, 6.45) is 2.58. The average molecular weight is 467 g/mol. The molecule has 0 bridgehead atoms. The zero-order valence-electron chi connectivity index (χ0n) is 19.9. The summed E-state index contributed by atoms with van der Waals surface area (Å²) < 4.78 is 0. The first-order valence-electron chi connectivity index (χ1n) is 12.8. The van der Waals surface area contributed by atoms with Crippen molar-refractivity contribution in [1.82, 2.24) is 9.80 Å². The number of piperidine rings is 1. The first kappa shape index (κ1) is 22.0. The molecule has 4 aromatic rings. The maximum atomic E-state index is 2.75. The minimum atomic E-state index is 0.651. The lowest BCUT2D eigenvalue weighted by molar-refractivity contribution is 0.177. The van der Waals surface area contributed by atoms with Gasteiger partial charge in [-0.05, 0) is 88.1 Å². The van der Waals surface area contributed by atoms with Crippen LogP contribution in [0.4, 0.5) is 0 Å². The molecule has 2 aliphatic rings. The highest BCUT2D eigenvalue weighted by Gasteiger charge is 2.35. The van der Waals surface area contributed by atoms with Crippen LogP contribution in [0.15, 0.2) is 89.6 Å². The monoisotopic (exact) mass is 466 g/mol. The van der Waals surface area contributed by atoms with Gasteiger partial charge in [-0.15, -0.1) is 0 Å². The summed E-state index contributed by atoms with van der Waals surface area (Å²) in [5.74, 6) is 2.10. The van der Waals surface area contributed by atoms with Gasteiger partial charge < -0.3 is 4.90 Å². The van der Waals surface area contributed by atoms with Crippen molar-refractivity contribution < 1.29 is 0 Å². The number of likely N-dealkylation sites (tertiary alicyclic amines) is 2. The Hall–Kier alpha value is -2.46. The summed E-state index contributed by atoms with van der Waals surface area (Å²) in [6.45, 7) is 7.13. The van der Waals surface area contributed by atoms with Crippen LogP contribution in [-0.2, 0) is 6.54 Å². The molecule has 2 unspecified atom stereocenters. The van der Waals surface area contributed by atoms with Crippen LogP contribution in [0.25, 0.3) is 10.8 Å². The second kappa shape index (κ2) is 10.0. The summed E-state index contributed by atoms with van der Waals surface area (Å²) in [4.78, 5) is 5.46. The zero-order valence-corrected chi connectivity index (χ0v) is 20.7. The molecular formula is C31H34N2S. The fourth-order valence-electron chi connectivity index (χ4n) is 6.24. The molecule has 2 fully saturated rings. The highest BCUT2D eigenvalue weighted by Crippen LogP contribution is 2.36. The molecule has 3 heterocycles. The van der Waals surface area contributed by atoms with E-state index >= 15 is 0 Å². The van der Waals surface area contributed by atoms with E-state index in [0.29, 0.717) is 11.8 Å². The molecular weight excluding hydrogens is 432 g/mol. The number of rotatable bonds is 6. The number of thiophene rings is 1. The summed E-state index contributed by atoms with van der Waals surface area (Å²) in [5.41, 5.74) is 4.52. The molecule has 0 spiro atoms. The Bertz CT molecular complexity index is 1190. The third kappa shape index (κ3) is 4.84. The molecule has 2 nitrogen and oxygen atoms in total. The molecule has 174 valence electrons. The van der Waals surface area contributed by atoms with E-state index in [4.69, 9.17) is 0 Å². The van der Waals surface area contributed by atoms with E-state index < -0.39 is 0 Å². The van der Waals surface area contributed by atoms with Crippen molar-refractivity contribution in [2.75, 3.05) is 32.7 Å². The van der Waals surface area contributed by atoms with Gasteiger partial charge in [0.25, 0.3) is 0 Å². The third-order valence-corrected chi connectivity index (χ3v) is 8.76. The Kier molecular flexibility index (Phi) is 6.50.